The maximum Gasteiger partial charge on any atom is 0.243 e. The van der Waals surface area contributed by atoms with E-state index in [0.717, 1.165) is 0 Å². The Labute approximate surface area is 127 Å². The topological polar surface area (TPSA) is 53.2 Å². The summed E-state index contributed by atoms with van der Waals surface area (Å²) in [4.78, 5) is 11.7. The summed E-state index contributed by atoms with van der Waals surface area (Å²) in [6, 6.07) is 4.84. The van der Waals surface area contributed by atoms with Gasteiger partial charge >= 0.3 is 0 Å². The van der Waals surface area contributed by atoms with E-state index in [1.807, 2.05) is 0 Å². The second kappa shape index (κ2) is 7.99. The van der Waals surface area contributed by atoms with Crippen molar-refractivity contribution in [3.63, 3.8) is 0 Å². The first kappa shape index (κ1) is 15.8. The van der Waals surface area contributed by atoms with Crippen molar-refractivity contribution in [3.05, 3.63) is 40.9 Å². The zero-order valence-electron chi connectivity index (χ0n) is 10.0. The van der Waals surface area contributed by atoms with Gasteiger partial charge in [-0.3, -0.25) is 4.79 Å². The molecule has 4 nitrogen and oxygen atoms in total. The minimum Gasteiger partial charge on any atom is -0.359 e. The van der Waals surface area contributed by atoms with Gasteiger partial charge in [0.25, 0.3) is 0 Å². The Morgan fingerprint density at radius 1 is 1.37 bits per heavy atom. The SMILES string of the molecule is C=CCNC(=S)NCC(=O)Nc1cc(Cl)ccc1Cl. The van der Waals surface area contributed by atoms with Crippen molar-refractivity contribution in [2.45, 2.75) is 0 Å². The number of hydrogen-bond donors (Lipinski definition) is 3. The van der Waals surface area contributed by atoms with E-state index in [4.69, 9.17) is 35.4 Å². The van der Waals surface area contributed by atoms with Gasteiger partial charge in [-0.25, -0.2) is 0 Å². The monoisotopic (exact) mass is 317 g/mol. The lowest BCUT2D eigenvalue weighted by Gasteiger charge is -2.10. The van der Waals surface area contributed by atoms with Gasteiger partial charge in [-0.2, -0.15) is 0 Å². The second-order valence-electron chi connectivity index (χ2n) is 3.52. The van der Waals surface area contributed by atoms with Gasteiger partial charge in [0.1, 0.15) is 0 Å². The molecule has 1 amide bonds. The van der Waals surface area contributed by atoms with Crippen molar-refractivity contribution in [3.8, 4) is 0 Å². The van der Waals surface area contributed by atoms with Gasteiger partial charge < -0.3 is 16.0 Å². The molecule has 0 spiro atoms. The zero-order chi connectivity index (χ0) is 14.3. The molecule has 0 heterocycles. The molecule has 0 aromatic heterocycles. The van der Waals surface area contributed by atoms with Crippen LogP contribution in [-0.4, -0.2) is 24.1 Å². The average Bonchev–Trinajstić information content (AvgIpc) is 2.38. The average molecular weight is 318 g/mol. The Morgan fingerprint density at radius 2 is 2.11 bits per heavy atom. The predicted octanol–water partition coefficient (Wildman–Crippen LogP) is 2.58. The first-order chi connectivity index (χ1) is 9.02. The summed E-state index contributed by atoms with van der Waals surface area (Å²) in [6.45, 7) is 4.11. The van der Waals surface area contributed by atoms with Crippen molar-refractivity contribution in [1.29, 1.82) is 0 Å². The molecule has 1 rings (SSSR count). The number of carbonyl (C=O) groups is 1. The molecule has 3 N–H and O–H groups in total. The van der Waals surface area contributed by atoms with Crippen LogP contribution >= 0.6 is 35.4 Å². The summed E-state index contributed by atoms with van der Waals surface area (Å²) in [7, 11) is 0. The van der Waals surface area contributed by atoms with E-state index in [2.05, 4.69) is 22.5 Å². The molecule has 0 bridgehead atoms. The summed E-state index contributed by atoms with van der Waals surface area (Å²) < 4.78 is 0. The lowest BCUT2D eigenvalue weighted by atomic mass is 10.3. The Balaban J connectivity index is 2.45. The molecule has 0 aliphatic heterocycles. The van der Waals surface area contributed by atoms with Crippen molar-refractivity contribution < 1.29 is 4.79 Å². The summed E-state index contributed by atoms with van der Waals surface area (Å²) in [5.74, 6) is -0.271. The molecule has 19 heavy (non-hydrogen) atoms. The molecule has 1 aromatic rings. The van der Waals surface area contributed by atoms with Crippen LogP contribution in [0.1, 0.15) is 0 Å². The van der Waals surface area contributed by atoms with E-state index in [0.29, 0.717) is 27.4 Å². The van der Waals surface area contributed by atoms with Crippen LogP contribution in [0.2, 0.25) is 10.0 Å². The molecule has 0 radical (unpaired) electrons. The maximum atomic E-state index is 11.7. The maximum absolute atomic E-state index is 11.7. The van der Waals surface area contributed by atoms with Crippen LogP contribution in [0.3, 0.4) is 0 Å². The molecule has 0 aliphatic rings. The highest BCUT2D eigenvalue weighted by atomic mass is 35.5. The van der Waals surface area contributed by atoms with Gasteiger partial charge in [0.2, 0.25) is 5.91 Å². The van der Waals surface area contributed by atoms with Crippen molar-refractivity contribution in [1.82, 2.24) is 10.6 Å². The van der Waals surface area contributed by atoms with Crippen molar-refractivity contribution in [2.24, 2.45) is 0 Å². The molecule has 0 unspecified atom stereocenters. The van der Waals surface area contributed by atoms with Gasteiger partial charge in [-0.15, -0.1) is 6.58 Å². The third-order valence-electron chi connectivity index (χ3n) is 2.02. The molecule has 7 heteroatoms. The highest BCUT2D eigenvalue weighted by Crippen LogP contribution is 2.25. The summed E-state index contributed by atoms with van der Waals surface area (Å²) >= 11 is 16.7. The molecule has 0 atom stereocenters. The van der Waals surface area contributed by atoms with E-state index in [1.165, 1.54) is 0 Å². The van der Waals surface area contributed by atoms with Gasteiger partial charge in [0, 0.05) is 11.6 Å². The van der Waals surface area contributed by atoms with Gasteiger partial charge in [-0.05, 0) is 30.4 Å². The molecule has 1 aromatic carbocycles. The molecule has 0 aliphatic carbocycles. The molecular formula is C12H13Cl2N3OS. The Hall–Kier alpha value is -1.30. The zero-order valence-corrected chi connectivity index (χ0v) is 12.3. The Kier molecular flexibility index (Phi) is 6.62. The standard InChI is InChI=1S/C12H13Cl2N3OS/c1-2-5-15-12(19)16-7-11(18)17-10-6-8(13)3-4-9(10)14/h2-4,6H,1,5,7H2,(H,17,18)(H2,15,16,19). The van der Waals surface area contributed by atoms with Crippen LogP contribution in [0, 0.1) is 0 Å². The Bertz CT molecular complexity index is 494. The van der Waals surface area contributed by atoms with E-state index in [-0.39, 0.29) is 12.5 Å². The highest BCUT2D eigenvalue weighted by Gasteiger charge is 2.06. The van der Waals surface area contributed by atoms with Crippen LogP contribution in [0.4, 0.5) is 5.69 Å². The van der Waals surface area contributed by atoms with Crippen LogP contribution in [0.25, 0.3) is 0 Å². The van der Waals surface area contributed by atoms with Crippen LogP contribution in [-0.2, 0) is 4.79 Å². The van der Waals surface area contributed by atoms with Gasteiger partial charge in [0.05, 0.1) is 17.3 Å². The number of carbonyl (C=O) groups excluding carboxylic acids is 1. The molecular weight excluding hydrogens is 305 g/mol. The number of rotatable bonds is 5. The minimum atomic E-state index is -0.271. The fourth-order valence-corrected chi connectivity index (χ4v) is 1.67. The molecule has 0 fully saturated rings. The van der Waals surface area contributed by atoms with Gasteiger partial charge in [0.15, 0.2) is 5.11 Å². The number of amides is 1. The summed E-state index contributed by atoms with van der Waals surface area (Å²) in [5.41, 5.74) is 0.464. The first-order valence-corrected chi connectivity index (χ1v) is 6.57. The summed E-state index contributed by atoms with van der Waals surface area (Å²) in [6.07, 6.45) is 1.67. The molecule has 102 valence electrons. The van der Waals surface area contributed by atoms with E-state index < -0.39 is 0 Å². The number of nitrogens with one attached hydrogen (secondary N) is 3. The lowest BCUT2D eigenvalue weighted by molar-refractivity contribution is -0.115. The largest absolute Gasteiger partial charge is 0.359 e. The quantitative estimate of drug-likeness (QED) is 0.577. The van der Waals surface area contributed by atoms with E-state index in [1.54, 1.807) is 24.3 Å². The van der Waals surface area contributed by atoms with Crippen LogP contribution < -0.4 is 16.0 Å². The first-order valence-electron chi connectivity index (χ1n) is 5.40. The predicted molar refractivity (Wildman–Crippen MR) is 83.9 cm³/mol. The Morgan fingerprint density at radius 3 is 2.79 bits per heavy atom. The lowest BCUT2D eigenvalue weighted by Crippen LogP contribution is -2.39. The third kappa shape index (κ3) is 5.92. The summed E-state index contributed by atoms with van der Waals surface area (Å²) in [5, 5.41) is 9.54. The van der Waals surface area contributed by atoms with E-state index >= 15 is 0 Å². The highest BCUT2D eigenvalue weighted by molar-refractivity contribution is 7.80. The number of anilines is 1. The van der Waals surface area contributed by atoms with Crippen molar-refractivity contribution in [2.75, 3.05) is 18.4 Å². The smallest absolute Gasteiger partial charge is 0.243 e. The van der Waals surface area contributed by atoms with Crippen LogP contribution in [0.15, 0.2) is 30.9 Å². The minimum absolute atomic E-state index is 0.0336. The number of benzene rings is 1. The van der Waals surface area contributed by atoms with Crippen molar-refractivity contribution >= 4 is 52.1 Å². The van der Waals surface area contributed by atoms with Crippen LogP contribution in [0.5, 0.6) is 0 Å². The molecule has 0 saturated carbocycles. The fourth-order valence-electron chi connectivity index (χ4n) is 1.18. The van der Waals surface area contributed by atoms with Gasteiger partial charge in [-0.1, -0.05) is 29.3 Å². The number of thiocarbonyl (C=S) groups is 1. The third-order valence-corrected chi connectivity index (χ3v) is 2.87. The number of hydrogen-bond acceptors (Lipinski definition) is 2. The fraction of sp³-hybridized carbons (Fsp3) is 0.167. The molecule has 0 saturated heterocycles. The normalized spacial score (nSPS) is 9.58. The number of halogens is 2. The van der Waals surface area contributed by atoms with E-state index in [9.17, 15) is 4.79 Å². The second-order valence-corrected chi connectivity index (χ2v) is 4.78.